The summed E-state index contributed by atoms with van der Waals surface area (Å²) < 4.78 is 17.0. The number of methoxy groups -OCH3 is 1. The Morgan fingerprint density at radius 1 is 0.750 bits per heavy atom. The first kappa shape index (κ1) is 19.8. The van der Waals surface area contributed by atoms with Crippen molar-refractivity contribution in [1.82, 2.24) is 5.32 Å². The first-order chi connectivity index (χ1) is 13.8. The van der Waals surface area contributed by atoms with Gasteiger partial charge in [0.05, 0.1) is 7.11 Å². The molecule has 146 valence electrons. The van der Waals surface area contributed by atoms with E-state index < -0.39 is 0 Å². The van der Waals surface area contributed by atoms with Crippen molar-refractivity contribution in [3.05, 3.63) is 89.5 Å². The molecule has 3 aromatic carbocycles. The third-order valence-corrected chi connectivity index (χ3v) is 4.49. The highest BCUT2D eigenvalue weighted by molar-refractivity contribution is 5.43. The lowest BCUT2D eigenvalue weighted by molar-refractivity contribution is 0.211. The van der Waals surface area contributed by atoms with Crippen LogP contribution in [0.15, 0.2) is 72.8 Å². The smallest absolute Gasteiger partial charge is 0.161 e. The molecule has 1 N–H and O–H groups in total. The molecule has 0 aliphatic heterocycles. The van der Waals surface area contributed by atoms with Crippen LogP contribution in [0.4, 0.5) is 0 Å². The molecule has 0 aliphatic carbocycles. The summed E-state index contributed by atoms with van der Waals surface area (Å²) in [6.07, 6.45) is 0. The summed E-state index contributed by atoms with van der Waals surface area (Å²) in [5, 5.41) is 3.48. The second kappa shape index (κ2) is 10.4. The molecular formula is C24H27NO3. The first-order valence-electron chi connectivity index (χ1n) is 9.49. The molecule has 3 rings (SSSR count). The average molecular weight is 377 g/mol. The number of benzene rings is 3. The summed E-state index contributed by atoms with van der Waals surface area (Å²) in [7, 11) is 1.66. The van der Waals surface area contributed by atoms with Crippen LogP contribution in [0.2, 0.25) is 0 Å². The molecule has 0 aliphatic rings. The van der Waals surface area contributed by atoms with Gasteiger partial charge in [-0.2, -0.15) is 0 Å². The van der Waals surface area contributed by atoms with E-state index in [-0.39, 0.29) is 0 Å². The van der Waals surface area contributed by atoms with E-state index in [0.717, 1.165) is 35.9 Å². The Hall–Kier alpha value is -2.98. The van der Waals surface area contributed by atoms with Crippen molar-refractivity contribution >= 4 is 0 Å². The van der Waals surface area contributed by atoms with E-state index in [1.165, 1.54) is 11.1 Å². The Morgan fingerprint density at radius 3 is 2.29 bits per heavy atom. The van der Waals surface area contributed by atoms with E-state index in [0.29, 0.717) is 13.2 Å². The zero-order chi connectivity index (χ0) is 19.6. The Labute approximate surface area is 167 Å². The van der Waals surface area contributed by atoms with Gasteiger partial charge >= 0.3 is 0 Å². The lowest BCUT2D eigenvalue weighted by Gasteiger charge is -2.13. The van der Waals surface area contributed by atoms with Crippen molar-refractivity contribution in [1.29, 1.82) is 0 Å². The van der Waals surface area contributed by atoms with E-state index in [1.54, 1.807) is 7.11 Å². The van der Waals surface area contributed by atoms with Gasteiger partial charge < -0.3 is 19.5 Å². The van der Waals surface area contributed by atoms with Crippen LogP contribution in [0.5, 0.6) is 17.2 Å². The fraction of sp³-hybridized carbons (Fsp3) is 0.250. The SMILES string of the molecule is COc1cc(CNCc2ccccc2C)ccc1OCCOc1ccccc1. The predicted molar refractivity (Wildman–Crippen MR) is 112 cm³/mol. The highest BCUT2D eigenvalue weighted by Crippen LogP contribution is 2.28. The quantitative estimate of drug-likeness (QED) is 0.518. The van der Waals surface area contributed by atoms with Crippen LogP contribution in [0.3, 0.4) is 0 Å². The molecule has 0 bridgehead atoms. The highest BCUT2D eigenvalue weighted by Gasteiger charge is 2.06. The summed E-state index contributed by atoms with van der Waals surface area (Å²) in [4.78, 5) is 0. The standard InChI is InChI=1S/C24H27NO3/c1-19-8-6-7-9-21(19)18-25-17-20-12-13-23(24(16-20)26-2)28-15-14-27-22-10-4-3-5-11-22/h3-13,16,25H,14-15,17-18H2,1-2H3. The zero-order valence-corrected chi connectivity index (χ0v) is 16.5. The van der Waals surface area contributed by atoms with Gasteiger partial charge in [-0.15, -0.1) is 0 Å². The van der Waals surface area contributed by atoms with Gasteiger partial charge in [0.15, 0.2) is 11.5 Å². The maximum atomic E-state index is 5.82. The number of aryl methyl sites for hydroxylation is 1. The third kappa shape index (κ3) is 5.76. The molecule has 3 aromatic rings. The largest absolute Gasteiger partial charge is 0.493 e. The van der Waals surface area contributed by atoms with Crippen molar-refractivity contribution in [2.75, 3.05) is 20.3 Å². The Balaban J connectivity index is 1.48. The third-order valence-electron chi connectivity index (χ3n) is 4.49. The van der Waals surface area contributed by atoms with Gasteiger partial charge in [0.2, 0.25) is 0 Å². The van der Waals surface area contributed by atoms with Crippen molar-refractivity contribution in [2.24, 2.45) is 0 Å². The lowest BCUT2D eigenvalue weighted by atomic mass is 10.1. The molecular weight excluding hydrogens is 350 g/mol. The highest BCUT2D eigenvalue weighted by atomic mass is 16.5. The number of hydrogen-bond donors (Lipinski definition) is 1. The Morgan fingerprint density at radius 2 is 1.50 bits per heavy atom. The van der Waals surface area contributed by atoms with Gasteiger partial charge in [-0.1, -0.05) is 48.5 Å². The molecule has 0 saturated carbocycles. The van der Waals surface area contributed by atoms with Crippen LogP contribution < -0.4 is 19.5 Å². The molecule has 28 heavy (non-hydrogen) atoms. The zero-order valence-electron chi connectivity index (χ0n) is 16.5. The minimum atomic E-state index is 0.454. The monoisotopic (exact) mass is 377 g/mol. The summed E-state index contributed by atoms with van der Waals surface area (Å²) in [6, 6.07) is 24.2. The average Bonchev–Trinajstić information content (AvgIpc) is 2.74. The van der Waals surface area contributed by atoms with Crippen LogP contribution in [0.1, 0.15) is 16.7 Å². The fourth-order valence-corrected chi connectivity index (χ4v) is 2.92. The number of para-hydroxylation sites is 1. The van der Waals surface area contributed by atoms with E-state index in [1.807, 2.05) is 42.5 Å². The minimum absolute atomic E-state index is 0.454. The predicted octanol–water partition coefficient (Wildman–Crippen LogP) is 4.75. The van der Waals surface area contributed by atoms with Crippen LogP contribution >= 0.6 is 0 Å². The molecule has 0 fully saturated rings. The molecule has 4 nitrogen and oxygen atoms in total. The molecule has 0 amide bonds. The number of rotatable bonds is 10. The summed E-state index contributed by atoms with van der Waals surface area (Å²) >= 11 is 0. The van der Waals surface area contributed by atoms with Crippen molar-refractivity contribution in [2.45, 2.75) is 20.0 Å². The van der Waals surface area contributed by atoms with Crippen LogP contribution in [0.25, 0.3) is 0 Å². The summed E-state index contributed by atoms with van der Waals surface area (Å²) in [5.74, 6) is 2.30. The number of ether oxygens (including phenoxy) is 3. The topological polar surface area (TPSA) is 39.7 Å². The molecule has 0 unspecified atom stereocenters. The van der Waals surface area contributed by atoms with E-state index in [9.17, 15) is 0 Å². The summed E-state index contributed by atoms with van der Waals surface area (Å²) in [6.45, 7) is 4.67. The van der Waals surface area contributed by atoms with Crippen molar-refractivity contribution in [3.63, 3.8) is 0 Å². The van der Waals surface area contributed by atoms with E-state index in [4.69, 9.17) is 14.2 Å². The van der Waals surface area contributed by atoms with Crippen LogP contribution in [-0.4, -0.2) is 20.3 Å². The maximum absolute atomic E-state index is 5.82. The van der Waals surface area contributed by atoms with Gasteiger partial charge in [0.1, 0.15) is 19.0 Å². The molecule has 0 aromatic heterocycles. The molecule has 0 spiro atoms. The molecule has 0 saturated heterocycles. The van der Waals surface area contributed by atoms with Gasteiger partial charge in [-0.25, -0.2) is 0 Å². The molecule has 0 heterocycles. The normalized spacial score (nSPS) is 10.5. The maximum Gasteiger partial charge on any atom is 0.161 e. The second-order valence-corrected chi connectivity index (χ2v) is 6.53. The minimum Gasteiger partial charge on any atom is -0.493 e. The summed E-state index contributed by atoms with van der Waals surface area (Å²) in [5.41, 5.74) is 3.76. The number of hydrogen-bond acceptors (Lipinski definition) is 4. The first-order valence-corrected chi connectivity index (χ1v) is 9.49. The molecule has 0 atom stereocenters. The van der Waals surface area contributed by atoms with Gasteiger partial charge in [0, 0.05) is 13.1 Å². The van der Waals surface area contributed by atoms with E-state index in [2.05, 4.69) is 42.6 Å². The lowest BCUT2D eigenvalue weighted by Crippen LogP contribution is -2.14. The van der Waals surface area contributed by atoms with E-state index >= 15 is 0 Å². The van der Waals surface area contributed by atoms with Crippen molar-refractivity contribution in [3.8, 4) is 17.2 Å². The van der Waals surface area contributed by atoms with Gasteiger partial charge in [0.25, 0.3) is 0 Å². The van der Waals surface area contributed by atoms with Gasteiger partial charge in [-0.3, -0.25) is 0 Å². The van der Waals surface area contributed by atoms with Crippen LogP contribution in [0, 0.1) is 6.92 Å². The van der Waals surface area contributed by atoms with Crippen LogP contribution in [-0.2, 0) is 13.1 Å². The molecule has 4 heteroatoms. The van der Waals surface area contributed by atoms with Crippen molar-refractivity contribution < 1.29 is 14.2 Å². The number of nitrogens with one attached hydrogen (secondary N) is 1. The Kier molecular flexibility index (Phi) is 7.33. The fourth-order valence-electron chi connectivity index (χ4n) is 2.92. The molecule has 0 radical (unpaired) electrons. The Bertz CT molecular complexity index is 865. The second-order valence-electron chi connectivity index (χ2n) is 6.53. The van der Waals surface area contributed by atoms with Gasteiger partial charge in [-0.05, 0) is 47.9 Å².